The smallest absolute Gasteiger partial charge is 0.319 e. The van der Waals surface area contributed by atoms with Crippen LogP contribution < -0.4 is 0 Å². The van der Waals surface area contributed by atoms with Gasteiger partial charge in [-0.25, -0.2) is 0 Å². The number of nitrogens with zero attached hydrogens (tertiary/aromatic N) is 1. The summed E-state index contributed by atoms with van der Waals surface area (Å²) in [6, 6.07) is 19.5. The molecule has 0 unspecified atom stereocenters. The number of benzene rings is 2. The molecule has 0 saturated heterocycles. The summed E-state index contributed by atoms with van der Waals surface area (Å²) in [5.74, 6) is -0.0833. The number of hydrogen-bond acceptors (Lipinski definition) is 5. The van der Waals surface area contributed by atoms with Crippen LogP contribution in [-0.2, 0) is 22.2 Å². The van der Waals surface area contributed by atoms with Crippen molar-refractivity contribution in [2.24, 2.45) is 0 Å². The highest BCUT2D eigenvalue weighted by atomic mass is 33.1. The van der Waals surface area contributed by atoms with Crippen LogP contribution >= 0.6 is 10.8 Å². The first-order valence-electron chi connectivity index (χ1n) is 7.97. The summed E-state index contributed by atoms with van der Waals surface area (Å²) in [5.41, 5.74) is 2.22. The molecule has 0 aliphatic heterocycles. The highest BCUT2D eigenvalue weighted by molar-refractivity contribution is 8.69. The Labute approximate surface area is 152 Å². The molecular formula is C18H23NO4S2. The SMILES string of the molecule is C[C@@H]([C@@H](O)CSS(=O)(=O)O)N(Cc1ccccc1)Cc1ccccc1. The molecule has 0 spiro atoms. The van der Waals surface area contributed by atoms with Crippen molar-refractivity contribution in [1.82, 2.24) is 4.90 Å². The van der Waals surface area contributed by atoms with Crippen LogP contribution in [0.5, 0.6) is 0 Å². The van der Waals surface area contributed by atoms with E-state index in [-0.39, 0.29) is 11.8 Å². The van der Waals surface area contributed by atoms with E-state index in [1.165, 1.54) is 0 Å². The Hall–Kier alpha value is -1.38. The summed E-state index contributed by atoms with van der Waals surface area (Å²) in [7, 11) is -3.81. The fourth-order valence-electron chi connectivity index (χ4n) is 2.52. The molecular weight excluding hydrogens is 358 g/mol. The maximum Gasteiger partial charge on any atom is 0.319 e. The Bertz CT molecular complexity index is 697. The van der Waals surface area contributed by atoms with Gasteiger partial charge in [0, 0.05) is 24.9 Å². The summed E-state index contributed by atoms with van der Waals surface area (Å²) in [6.45, 7) is 3.12. The Morgan fingerprint density at radius 3 is 1.80 bits per heavy atom. The average Bonchev–Trinajstić information content (AvgIpc) is 2.59. The largest absolute Gasteiger partial charge is 0.391 e. The quantitative estimate of drug-likeness (QED) is 0.514. The zero-order chi connectivity index (χ0) is 18.3. The summed E-state index contributed by atoms with van der Waals surface area (Å²) in [6.07, 6.45) is -0.889. The van der Waals surface area contributed by atoms with Gasteiger partial charge in [-0.1, -0.05) is 60.7 Å². The molecule has 0 fully saturated rings. The lowest BCUT2D eigenvalue weighted by molar-refractivity contribution is 0.0640. The fraction of sp³-hybridized carbons (Fsp3) is 0.333. The Kier molecular flexibility index (Phi) is 7.46. The average molecular weight is 382 g/mol. The summed E-state index contributed by atoms with van der Waals surface area (Å²) < 4.78 is 30.7. The Morgan fingerprint density at radius 2 is 1.40 bits per heavy atom. The van der Waals surface area contributed by atoms with Crippen LogP contribution in [0.25, 0.3) is 0 Å². The lowest BCUT2D eigenvalue weighted by atomic mass is 10.1. The first kappa shape index (κ1) is 19.9. The van der Waals surface area contributed by atoms with Gasteiger partial charge in [-0.2, -0.15) is 8.42 Å². The Balaban J connectivity index is 2.11. The molecule has 2 aromatic rings. The maximum atomic E-state index is 10.9. The zero-order valence-corrected chi connectivity index (χ0v) is 15.7. The van der Waals surface area contributed by atoms with Crippen LogP contribution in [0.15, 0.2) is 60.7 Å². The second-order valence-corrected chi connectivity index (χ2v) is 9.29. The van der Waals surface area contributed by atoms with E-state index in [1.54, 1.807) is 0 Å². The standard InChI is InChI=1S/C18H23NO4S2/c1-15(18(20)14-24-25(21,22)23)19(12-16-8-4-2-5-9-16)13-17-10-6-3-7-11-17/h2-11,15,18,20H,12-14H2,1H3,(H,21,22,23)/t15-,18-/m0/s1. The predicted molar refractivity (Wildman–Crippen MR) is 102 cm³/mol. The lowest BCUT2D eigenvalue weighted by Crippen LogP contribution is -2.42. The number of aliphatic hydroxyl groups is 1. The van der Waals surface area contributed by atoms with E-state index in [9.17, 15) is 13.5 Å². The van der Waals surface area contributed by atoms with Crippen molar-refractivity contribution in [3.05, 3.63) is 71.8 Å². The topological polar surface area (TPSA) is 77.8 Å². The van der Waals surface area contributed by atoms with E-state index in [2.05, 4.69) is 4.90 Å². The van der Waals surface area contributed by atoms with E-state index < -0.39 is 15.3 Å². The second-order valence-electron chi connectivity index (χ2n) is 5.90. The van der Waals surface area contributed by atoms with E-state index in [1.807, 2.05) is 67.6 Å². The molecule has 2 atom stereocenters. The molecule has 5 nitrogen and oxygen atoms in total. The van der Waals surface area contributed by atoms with Crippen molar-refractivity contribution in [2.45, 2.75) is 32.2 Å². The second kappa shape index (κ2) is 9.35. The third-order valence-electron chi connectivity index (χ3n) is 3.98. The molecule has 25 heavy (non-hydrogen) atoms. The van der Waals surface area contributed by atoms with Crippen LogP contribution in [0.4, 0.5) is 0 Å². The van der Waals surface area contributed by atoms with E-state index >= 15 is 0 Å². The van der Waals surface area contributed by atoms with Crippen LogP contribution in [0.2, 0.25) is 0 Å². The van der Waals surface area contributed by atoms with Crippen LogP contribution in [-0.4, -0.2) is 40.9 Å². The normalized spacial score (nSPS) is 14.4. The van der Waals surface area contributed by atoms with Gasteiger partial charge >= 0.3 is 9.15 Å². The molecule has 0 radical (unpaired) electrons. The third kappa shape index (κ3) is 7.17. The predicted octanol–water partition coefficient (Wildman–Crippen LogP) is 2.97. The molecule has 0 aliphatic carbocycles. The van der Waals surface area contributed by atoms with Crippen molar-refractivity contribution in [2.75, 3.05) is 5.75 Å². The van der Waals surface area contributed by atoms with Crippen molar-refractivity contribution >= 4 is 19.9 Å². The molecule has 0 heterocycles. The minimum atomic E-state index is -4.16. The van der Waals surface area contributed by atoms with Crippen LogP contribution in [0.1, 0.15) is 18.1 Å². The van der Waals surface area contributed by atoms with Gasteiger partial charge in [-0.15, -0.1) is 0 Å². The lowest BCUT2D eigenvalue weighted by Gasteiger charge is -2.32. The summed E-state index contributed by atoms with van der Waals surface area (Å²) >= 11 is 0. The van der Waals surface area contributed by atoms with Gasteiger partial charge in [0.1, 0.15) is 0 Å². The van der Waals surface area contributed by atoms with Gasteiger partial charge < -0.3 is 5.11 Å². The van der Waals surface area contributed by atoms with Crippen molar-refractivity contribution in [3.63, 3.8) is 0 Å². The fourth-order valence-corrected chi connectivity index (χ4v) is 4.04. The van der Waals surface area contributed by atoms with Crippen LogP contribution in [0.3, 0.4) is 0 Å². The highest BCUT2D eigenvalue weighted by Gasteiger charge is 2.24. The van der Waals surface area contributed by atoms with Gasteiger partial charge in [0.2, 0.25) is 0 Å². The molecule has 2 aromatic carbocycles. The van der Waals surface area contributed by atoms with E-state index in [0.717, 1.165) is 11.1 Å². The molecule has 0 aromatic heterocycles. The summed E-state index contributed by atoms with van der Waals surface area (Å²) in [4.78, 5) is 2.10. The van der Waals surface area contributed by atoms with Crippen molar-refractivity contribution < 1.29 is 18.1 Å². The summed E-state index contributed by atoms with van der Waals surface area (Å²) in [5, 5.41) is 10.4. The van der Waals surface area contributed by atoms with Crippen molar-refractivity contribution in [1.29, 1.82) is 0 Å². The third-order valence-corrected chi connectivity index (χ3v) is 6.05. The molecule has 0 amide bonds. The Morgan fingerprint density at radius 1 is 0.960 bits per heavy atom. The van der Waals surface area contributed by atoms with Gasteiger partial charge in [0.25, 0.3) is 0 Å². The zero-order valence-electron chi connectivity index (χ0n) is 14.0. The van der Waals surface area contributed by atoms with E-state index in [4.69, 9.17) is 4.55 Å². The number of rotatable bonds is 9. The highest BCUT2D eigenvalue weighted by Crippen LogP contribution is 2.19. The monoisotopic (exact) mass is 381 g/mol. The van der Waals surface area contributed by atoms with Gasteiger partial charge in [-0.3, -0.25) is 9.45 Å². The first-order valence-corrected chi connectivity index (χ1v) is 10.9. The number of aliphatic hydroxyl groups excluding tert-OH is 1. The molecule has 7 heteroatoms. The molecule has 2 rings (SSSR count). The van der Waals surface area contributed by atoms with Gasteiger partial charge in [-0.05, 0) is 28.8 Å². The van der Waals surface area contributed by atoms with Crippen LogP contribution in [0, 0.1) is 0 Å². The molecule has 2 N–H and O–H groups in total. The molecule has 0 bridgehead atoms. The van der Waals surface area contributed by atoms with Gasteiger partial charge in [0.05, 0.1) is 6.10 Å². The van der Waals surface area contributed by atoms with Crippen molar-refractivity contribution in [3.8, 4) is 0 Å². The molecule has 0 saturated carbocycles. The maximum absolute atomic E-state index is 10.9. The van der Waals surface area contributed by atoms with Gasteiger partial charge in [0.15, 0.2) is 0 Å². The molecule has 0 aliphatic rings. The minimum Gasteiger partial charge on any atom is -0.391 e. The first-order chi connectivity index (χ1) is 11.8. The van der Waals surface area contributed by atoms with E-state index in [0.29, 0.717) is 23.9 Å². The number of hydrogen-bond donors (Lipinski definition) is 2. The molecule has 136 valence electrons. The minimum absolute atomic E-state index is 0.0833.